The molecule has 0 atom stereocenters. The molecule has 0 saturated carbocycles. The van der Waals surface area contributed by atoms with Crippen LogP contribution in [0.25, 0.3) is 11.5 Å². The summed E-state index contributed by atoms with van der Waals surface area (Å²) in [4.78, 5) is 13.8. The number of aromatic nitrogens is 3. The van der Waals surface area contributed by atoms with Crippen LogP contribution in [0.5, 0.6) is 0 Å². The lowest BCUT2D eigenvalue weighted by Gasteiger charge is -2.34. The second-order valence-corrected chi connectivity index (χ2v) is 5.58. The number of nitrogens with zero attached hydrogens (tertiary/aromatic N) is 5. The Bertz CT molecular complexity index is 527. The van der Waals surface area contributed by atoms with Crippen molar-refractivity contribution in [3.05, 3.63) is 18.6 Å². The van der Waals surface area contributed by atoms with E-state index in [0.29, 0.717) is 0 Å². The lowest BCUT2D eigenvalue weighted by molar-refractivity contribution is 0.313. The van der Waals surface area contributed by atoms with E-state index in [1.54, 1.807) is 6.33 Å². The van der Waals surface area contributed by atoms with Crippen molar-refractivity contribution in [3.8, 4) is 11.5 Å². The van der Waals surface area contributed by atoms with Gasteiger partial charge in [-0.25, -0.2) is 9.97 Å². The van der Waals surface area contributed by atoms with Crippen LogP contribution in [-0.2, 0) is 6.54 Å². The smallest absolute Gasteiger partial charge is 0.162 e. The lowest BCUT2D eigenvalue weighted by Crippen LogP contribution is -2.44. The standard InChI is InChI=1S/C15H23N5/c1-3-4-6-20-7-5-13(14-15(20)17-12-16-14)19-10-8-18(2)9-11-19/h5,7,12H,3-4,6,8-11H2,1-2H3. The van der Waals surface area contributed by atoms with E-state index in [1.807, 2.05) is 0 Å². The highest BCUT2D eigenvalue weighted by Crippen LogP contribution is 2.30. The van der Waals surface area contributed by atoms with E-state index in [9.17, 15) is 0 Å². The molecule has 0 aromatic rings. The number of hydrogen-bond donors (Lipinski definition) is 0. The normalized spacial score (nSPS) is 17.0. The van der Waals surface area contributed by atoms with Crippen LogP contribution < -0.4 is 4.90 Å². The monoisotopic (exact) mass is 273 g/mol. The zero-order valence-electron chi connectivity index (χ0n) is 12.4. The van der Waals surface area contributed by atoms with E-state index in [1.165, 1.54) is 18.5 Å². The SMILES string of the molecule is CCCCn1ccc(N2CCN(C)CC2)c2ncnc1-2. The fourth-order valence-electron chi connectivity index (χ4n) is 2.77. The third-order valence-corrected chi connectivity index (χ3v) is 4.10. The third-order valence-electron chi connectivity index (χ3n) is 4.10. The molecule has 3 rings (SSSR count). The van der Waals surface area contributed by atoms with E-state index >= 15 is 0 Å². The van der Waals surface area contributed by atoms with Gasteiger partial charge in [-0.3, -0.25) is 0 Å². The van der Waals surface area contributed by atoms with Gasteiger partial charge in [0.1, 0.15) is 12.0 Å². The quantitative estimate of drug-likeness (QED) is 0.853. The average Bonchev–Trinajstić information content (AvgIpc) is 2.95. The summed E-state index contributed by atoms with van der Waals surface area (Å²) in [5.74, 6) is 1.02. The highest BCUT2D eigenvalue weighted by molar-refractivity contribution is 5.72. The molecule has 1 fully saturated rings. The molecular formula is C15H23N5. The Kier molecular flexibility index (Phi) is 3.87. The largest absolute Gasteiger partial charge is 0.367 e. The molecule has 3 aliphatic rings. The molecule has 3 heterocycles. The van der Waals surface area contributed by atoms with Crippen LogP contribution in [0.15, 0.2) is 18.6 Å². The zero-order chi connectivity index (χ0) is 13.9. The van der Waals surface area contributed by atoms with Crippen LogP contribution >= 0.6 is 0 Å². The zero-order valence-corrected chi connectivity index (χ0v) is 12.4. The maximum Gasteiger partial charge on any atom is 0.162 e. The van der Waals surface area contributed by atoms with Gasteiger partial charge in [-0.15, -0.1) is 0 Å². The molecule has 0 N–H and O–H groups in total. The van der Waals surface area contributed by atoms with Crippen LogP contribution in [0.4, 0.5) is 5.69 Å². The van der Waals surface area contributed by atoms with Gasteiger partial charge >= 0.3 is 0 Å². The summed E-state index contributed by atoms with van der Waals surface area (Å²) in [6.07, 6.45) is 6.23. The number of imidazole rings is 1. The van der Waals surface area contributed by atoms with E-state index in [0.717, 1.165) is 44.2 Å². The number of piperazine rings is 1. The summed E-state index contributed by atoms with van der Waals surface area (Å²) in [5.41, 5.74) is 2.28. The van der Waals surface area contributed by atoms with Gasteiger partial charge in [0.25, 0.3) is 0 Å². The average molecular weight is 273 g/mol. The number of hydrogen-bond acceptors (Lipinski definition) is 4. The van der Waals surface area contributed by atoms with Crippen molar-refractivity contribution in [1.29, 1.82) is 0 Å². The van der Waals surface area contributed by atoms with Crippen molar-refractivity contribution in [2.75, 3.05) is 38.1 Å². The van der Waals surface area contributed by atoms with E-state index in [2.05, 4.69) is 50.6 Å². The van der Waals surface area contributed by atoms with Crippen molar-refractivity contribution in [2.24, 2.45) is 0 Å². The third kappa shape index (κ3) is 2.50. The number of unbranched alkanes of at least 4 members (excludes halogenated alkanes) is 1. The lowest BCUT2D eigenvalue weighted by atomic mass is 10.2. The summed E-state index contributed by atoms with van der Waals surface area (Å²) >= 11 is 0. The molecular weight excluding hydrogens is 250 g/mol. The topological polar surface area (TPSA) is 37.2 Å². The molecule has 0 amide bonds. The number of anilines is 1. The predicted octanol–water partition coefficient (Wildman–Crippen LogP) is 1.93. The minimum absolute atomic E-state index is 1.02. The molecule has 0 aliphatic carbocycles. The molecule has 20 heavy (non-hydrogen) atoms. The van der Waals surface area contributed by atoms with Crippen LogP contribution in [0.3, 0.4) is 0 Å². The molecule has 0 aromatic carbocycles. The Hall–Kier alpha value is -1.62. The van der Waals surface area contributed by atoms with E-state index < -0.39 is 0 Å². The highest BCUT2D eigenvalue weighted by atomic mass is 15.3. The molecule has 0 bridgehead atoms. The molecule has 108 valence electrons. The number of likely N-dealkylation sites (N-methyl/N-ethyl adjacent to an activating group) is 1. The fraction of sp³-hybridized carbons (Fsp3) is 0.600. The van der Waals surface area contributed by atoms with Gasteiger partial charge in [-0.05, 0) is 19.5 Å². The van der Waals surface area contributed by atoms with Crippen LogP contribution in [-0.4, -0.2) is 52.7 Å². The molecule has 0 spiro atoms. The molecule has 5 heteroatoms. The second-order valence-electron chi connectivity index (χ2n) is 5.58. The summed E-state index contributed by atoms with van der Waals surface area (Å²) in [6.45, 7) is 7.59. The van der Waals surface area contributed by atoms with E-state index in [-0.39, 0.29) is 0 Å². The van der Waals surface area contributed by atoms with Crippen LogP contribution in [0, 0.1) is 0 Å². The first kappa shape index (κ1) is 13.4. The first-order valence-electron chi connectivity index (χ1n) is 7.53. The van der Waals surface area contributed by atoms with Crippen molar-refractivity contribution in [3.63, 3.8) is 0 Å². The van der Waals surface area contributed by atoms with Gasteiger partial charge in [-0.1, -0.05) is 13.3 Å². The Morgan fingerprint density at radius 3 is 2.70 bits per heavy atom. The molecule has 1 saturated heterocycles. The highest BCUT2D eigenvalue weighted by Gasteiger charge is 2.22. The van der Waals surface area contributed by atoms with Crippen LogP contribution in [0.2, 0.25) is 0 Å². The second kappa shape index (κ2) is 5.79. The Morgan fingerprint density at radius 2 is 1.95 bits per heavy atom. The van der Waals surface area contributed by atoms with Gasteiger partial charge in [0.05, 0.1) is 5.69 Å². The Morgan fingerprint density at radius 1 is 1.15 bits per heavy atom. The van der Waals surface area contributed by atoms with Gasteiger partial charge in [-0.2, -0.15) is 0 Å². The van der Waals surface area contributed by atoms with Gasteiger partial charge < -0.3 is 14.4 Å². The summed E-state index contributed by atoms with van der Waals surface area (Å²) < 4.78 is 2.23. The van der Waals surface area contributed by atoms with Gasteiger partial charge in [0.2, 0.25) is 0 Å². The van der Waals surface area contributed by atoms with Crippen molar-refractivity contribution < 1.29 is 0 Å². The summed E-state index contributed by atoms with van der Waals surface area (Å²) in [5, 5.41) is 0. The number of pyridine rings is 1. The maximum atomic E-state index is 4.49. The minimum Gasteiger partial charge on any atom is -0.367 e. The van der Waals surface area contributed by atoms with Crippen molar-refractivity contribution in [2.45, 2.75) is 26.3 Å². The van der Waals surface area contributed by atoms with Crippen molar-refractivity contribution >= 4 is 5.69 Å². The first-order chi connectivity index (χ1) is 9.79. The Balaban J connectivity index is 1.87. The summed E-state index contributed by atoms with van der Waals surface area (Å²) in [6, 6.07) is 2.21. The van der Waals surface area contributed by atoms with Crippen LogP contribution in [0.1, 0.15) is 19.8 Å². The maximum absolute atomic E-state index is 4.49. The number of aryl methyl sites for hydroxylation is 1. The van der Waals surface area contributed by atoms with Gasteiger partial charge in [0, 0.05) is 38.9 Å². The number of rotatable bonds is 4. The molecule has 0 aromatic heterocycles. The molecule has 0 unspecified atom stereocenters. The first-order valence-corrected chi connectivity index (χ1v) is 7.53. The van der Waals surface area contributed by atoms with Crippen molar-refractivity contribution in [1.82, 2.24) is 19.4 Å². The fourth-order valence-corrected chi connectivity index (χ4v) is 2.77. The van der Waals surface area contributed by atoms with Gasteiger partial charge in [0.15, 0.2) is 5.82 Å². The predicted molar refractivity (Wildman–Crippen MR) is 81.3 cm³/mol. The molecule has 0 radical (unpaired) electrons. The molecule has 5 nitrogen and oxygen atoms in total. The Labute approximate surface area is 120 Å². The number of fused-ring (bicyclic) bond motifs is 1. The summed E-state index contributed by atoms with van der Waals surface area (Å²) in [7, 11) is 2.18. The van der Waals surface area contributed by atoms with E-state index in [4.69, 9.17) is 0 Å². The molecule has 3 aliphatic heterocycles. The minimum atomic E-state index is 1.02.